The van der Waals surface area contributed by atoms with Crippen molar-refractivity contribution in [3.8, 4) is 28.5 Å². The Hall–Kier alpha value is -3.33. The summed E-state index contributed by atoms with van der Waals surface area (Å²) in [5.74, 6) is 2.41. The average molecular weight is 435 g/mol. The molecule has 1 unspecified atom stereocenters. The van der Waals surface area contributed by atoms with E-state index in [2.05, 4.69) is 25.6 Å². The highest BCUT2D eigenvalue weighted by atomic mass is 16.7. The van der Waals surface area contributed by atoms with Gasteiger partial charge in [0.05, 0.1) is 23.3 Å². The van der Waals surface area contributed by atoms with E-state index in [0.29, 0.717) is 52.1 Å². The SMILES string of the molecule is O=C(NC1CCCNC1)c1c[nH]c2c(-c3c(OCC4CC4)ccc4c3OCO4)ncnc12. The van der Waals surface area contributed by atoms with Crippen LogP contribution in [0.25, 0.3) is 22.3 Å². The molecule has 4 heterocycles. The van der Waals surface area contributed by atoms with Gasteiger partial charge in [-0.1, -0.05) is 0 Å². The molecule has 1 saturated carbocycles. The Morgan fingerprint density at radius 1 is 1.22 bits per heavy atom. The maximum atomic E-state index is 13.0. The highest BCUT2D eigenvalue weighted by Gasteiger charge is 2.29. The van der Waals surface area contributed by atoms with Crippen molar-refractivity contribution in [3.63, 3.8) is 0 Å². The average Bonchev–Trinajstić information content (AvgIpc) is 3.34. The molecule has 166 valence electrons. The number of carbonyl (C=O) groups excluding carboxylic acids is 1. The molecule has 0 radical (unpaired) electrons. The molecule has 9 heteroatoms. The predicted molar refractivity (Wildman–Crippen MR) is 117 cm³/mol. The monoisotopic (exact) mass is 435 g/mol. The third-order valence-corrected chi connectivity index (χ3v) is 6.25. The largest absolute Gasteiger partial charge is 0.492 e. The van der Waals surface area contributed by atoms with Gasteiger partial charge in [-0.15, -0.1) is 0 Å². The second kappa shape index (κ2) is 7.98. The number of benzene rings is 1. The molecule has 1 aliphatic carbocycles. The Morgan fingerprint density at radius 3 is 3.00 bits per heavy atom. The van der Waals surface area contributed by atoms with Crippen molar-refractivity contribution in [1.82, 2.24) is 25.6 Å². The first-order chi connectivity index (χ1) is 15.8. The molecule has 1 aromatic carbocycles. The summed E-state index contributed by atoms with van der Waals surface area (Å²) in [4.78, 5) is 25.2. The first-order valence-electron chi connectivity index (χ1n) is 11.2. The molecule has 9 nitrogen and oxygen atoms in total. The smallest absolute Gasteiger partial charge is 0.255 e. The van der Waals surface area contributed by atoms with Gasteiger partial charge in [-0.3, -0.25) is 4.79 Å². The molecule has 0 spiro atoms. The number of rotatable bonds is 6. The van der Waals surface area contributed by atoms with E-state index in [1.165, 1.54) is 19.2 Å². The van der Waals surface area contributed by atoms with Crippen molar-refractivity contribution >= 4 is 16.9 Å². The second-order valence-electron chi connectivity index (χ2n) is 8.59. The summed E-state index contributed by atoms with van der Waals surface area (Å²) in [5.41, 5.74) is 3.08. The minimum absolute atomic E-state index is 0.118. The van der Waals surface area contributed by atoms with Gasteiger partial charge in [0.2, 0.25) is 6.79 Å². The molecule has 2 aliphatic heterocycles. The Labute approximate surface area is 184 Å². The number of nitrogens with zero attached hydrogens (tertiary/aromatic N) is 2. The van der Waals surface area contributed by atoms with Gasteiger partial charge >= 0.3 is 0 Å². The maximum absolute atomic E-state index is 13.0. The zero-order valence-corrected chi connectivity index (χ0v) is 17.6. The summed E-state index contributed by atoms with van der Waals surface area (Å²) >= 11 is 0. The standard InChI is InChI=1S/C23H25N5O4/c29-23(28-14-2-1-7-24-8-14)15-9-25-21-19(15)26-11-27-20(21)18-16(30-10-13-3-4-13)5-6-17-22(18)32-12-31-17/h5-6,9,11,13-14,24-25H,1-4,7-8,10,12H2,(H,28,29). The summed E-state index contributed by atoms with van der Waals surface area (Å²) < 4.78 is 17.5. The summed E-state index contributed by atoms with van der Waals surface area (Å²) in [6.07, 6.45) is 7.59. The van der Waals surface area contributed by atoms with E-state index < -0.39 is 0 Å². The molecule has 1 amide bonds. The molecule has 2 fully saturated rings. The Morgan fingerprint density at radius 2 is 2.16 bits per heavy atom. The zero-order chi connectivity index (χ0) is 21.5. The van der Waals surface area contributed by atoms with Crippen LogP contribution in [0.15, 0.2) is 24.7 Å². The molecule has 2 aromatic heterocycles. The summed E-state index contributed by atoms with van der Waals surface area (Å²) in [7, 11) is 0. The van der Waals surface area contributed by atoms with Gasteiger partial charge in [0.15, 0.2) is 11.5 Å². The van der Waals surface area contributed by atoms with Crippen LogP contribution < -0.4 is 24.8 Å². The predicted octanol–water partition coefficient (Wildman–Crippen LogP) is 2.62. The molecule has 1 saturated heterocycles. The lowest BCUT2D eigenvalue weighted by atomic mass is 10.1. The second-order valence-corrected chi connectivity index (χ2v) is 8.59. The molecule has 3 aliphatic rings. The van der Waals surface area contributed by atoms with Crippen LogP contribution in [0.3, 0.4) is 0 Å². The van der Waals surface area contributed by atoms with Gasteiger partial charge in [-0.2, -0.15) is 0 Å². The number of H-pyrrole nitrogens is 1. The molecular weight excluding hydrogens is 410 g/mol. The Bertz CT molecular complexity index is 1170. The van der Waals surface area contributed by atoms with Crippen LogP contribution in [0.5, 0.6) is 17.2 Å². The van der Waals surface area contributed by atoms with Gasteiger partial charge in [-0.25, -0.2) is 9.97 Å². The van der Waals surface area contributed by atoms with Crippen molar-refractivity contribution in [2.24, 2.45) is 5.92 Å². The summed E-state index contributed by atoms with van der Waals surface area (Å²) in [6, 6.07) is 3.87. The van der Waals surface area contributed by atoms with Gasteiger partial charge in [-0.05, 0) is 50.3 Å². The number of ether oxygens (including phenoxy) is 3. The Kier molecular flexibility index (Phi) is 4.83. The topological polar surface area (TPSA) is 110 Å². The third kappa shape index (κ3) is 3.52. The zero-order valence-electron chi connectivity index (χ0n) is 17.6. The Balaban J connectivity index is 1.38. The van der Waals surface area contributed by atoms with Crippen LogP contribution in [0.4, 0.5) is 0 Å². The number of piperidine rings is 1. The van der Waals surface area contributed by atoms with Crippen molar-refractivity contribution in [2.75, 3.05) is 26.5 Å². The van der Waals surface area contributed by atoms with Gasteiger partial charge in [0, 0.05) is 18.8 Å². The van der Waals surface area contributed by atoms with Crippen molar-refractivity contribution in [1.29, 1.82) is 0 Å². The highest BCUT2D eigenvalue weighted by molar-refractivity contribution is 6.08. The van der Waals surface area contributed by atoms with Crippen LogP contribution >= 0.6 is 0 Å². The summed E-state index contributed by atoms with van der Waals surface area (Å²) in [5, 5.41) is 6.43. The molecule has 3 N–H and O–H groups in total. The number of fused-ring (bicyclic) bond motifs is 2. The lowest BCUT2D eigenvalue weighted by Crippen LogP contribution is -2.45. The first-order valence-corrected chi connectivity index (χ1v) is 11.2. The van der Waals surface area contributed by atoms with Crippen molar-refractivity contribution < 1.29 is 19.0 Å². The van der Waals surface area contributed by atoms with Gasteiger partial charge in [0.25, 0.3) is 5.91 Å². The quantitative estimate of drug-likeness (QED) is 0.546. The van der Waals surface area contributed by atoms with Crippen LogP contribution in [-0.2, 0) is 0 Å². The fourth-order valence-corrected chi connectivity index (χ4v) is 4.33. The lowest BCUT2D eigenvalue weighted by Gasteiger charge is -2.23. The number of hydrogen-bond donors (Lipinski definition) is 3. The van der Waals surface area contributed by atoms with E-state index >= 15 is 0 Å². The van der Waals surface area contributed by atoms with E-state index in [9.17, 15) is 4.79 Å². The van der Waals surface area contributed by atoms with E-state index in [-0.39, 0.29) is 18.7 Å². The van der Waals surface area contributed by atoms with Gasteiger partial charge < -0.3 is 29.8 Å². The lowest BCUT2D eigenvalue weighted by molar-refractivity contribution is 0.0932. The van der Waals surface area contributed by atoms with E-state index in [4.69, 9.17) is 14.2 Å². The maximum Gasteiger partial charge on any atom is 0.255 e. The first kappa shape index (κ1) is 19.4. The molecule has 3 aromatic rings. The normalized spacial score (nSPS) is 19.8. The minimum atomic E-state index is -0.141. The van der Waals surface area contributed by atoms with E-state index in [1.807, 2.05) is 12.1 Å². The van der Waals surface area contributed by atoms with Gasteiger partial charge in [0.1, 0.15) is 23.3 Å². The highest BCUT2D eigenvalue weighted by Crippen LogP contribution is 2.48. The fourth-order valence-electron chi connectivity index (χ4n) is 4.33. The number of amides is 1. The van der Waals surface area contributed by atoms with Crippen molar-refractivity contribution in [2.45, 2.75) is 31.7 Å². The minimum Gasteiger partial charge on any atom is -0.492 e. The van der Waals surface area contributed by atoms with Crippen molar-refractivity contribution in [3.05, 3.63) is 30.2 Å². The van der Waals surface area contributed by atoms with E-state index in [1.54, 1.807) is 6.20 Å². The third-order valence-electron chi connectivity index (χ3n) is 6.25. The number of hydrogen-bond acceptors (Lipinski definition) is 7. The summed E-state index contributed by atoms with van der Waals surface area (Å²) in [6.45, 7) is 2.59. The molecular formula is C23H25N5O4. The fraction of sp³-hybridized carbons (Fsp3) is 0.435. The molecule has 0 bridgehead atoms. The molecule has 1 atom stereocenters. The number of nitrogens with one attached hydrogen (secondary N) is 3. The number of aromatic nitrogens is 3. The van der Waals surface area contributed by atoms with Crippen LogP contribution in [0.2, 0.25) is 0 Å². The number of aromatic amines is 1. The molecule has 6 rings (SSSR count). The van der Waals surface area contributed by atoms with Crippen LogP contribution in [0, 0.1) is 5.92 Å². The number of carbonyl (C=O) groups is 1. The van der Waals surface area contributed by atoms with Crippen LogP contribution in [-0.4, -0.2) is 53.4 Å². The van der Waals surface area contributed by atoms with Crippen LogP contribution in [0.1, 0.15) is 36.0 Å². The molecule has 32 heavy (non-hydrogen) atoms. The van der Waals surface area contributed by atoms with E-state index in [0.717, 1.165) is 31.5 Å².